The van der Waals surface area contributed by atoms with E-state index in [9.17, 15) is 4.79 Å². The molecule has 2 heterocycles. The summed E-state index contributed by atoms with van der Waals surface area (Å²) < 4.78 is 11.4. The van der Waals surface area contributed by atoms with Gasteiger partial charge in [0.2, 0.25) is 0 Å². The van der Waals surface area contributed by atoms with Crippen molar-refractivity contribution in [2.24, 2.45) is 0 Å². The lowest BCUT2D eigenvalue weighted by Gasteiger charge is -2.31. The molecule has 0 spiro atoms. The number of nitrogens with zero attached hydrogens (tertiary/aromatic N) is 1. The van der Waals surface area contributed by atoms with Gasteiger partial charge in [0.1, 0.15) is 0 Å². The number of aromatic nitrogens is 1. The van der Waals surface area contributed by atoms with Crippen molar-refractivity contribution in [3.8, 4) is 0 Å². The maximum absolute atomic E-state index is 12.6. The minimum atomic E-state index is -0.154. The fourth-order valence-electron chi connectivity index (χ4n) is 2.84. The van der Waals surface area contributed by atoms with Crippen molar-refractivity contribution in [2.45, 2.75) is 32.4 Å². The van der Waals surface area contributed by atoms with Crippen LogP contribution in [0, 0.1) is 0 Å². The van der Waals surface area contributed by atoms with E-state index in [-0.39, 0.29) is 18.1 Å². The molecule has 25 heavy (non-hydrogen) atoms. The molecular formula is C20H24N2O3. The Bertz CT molecular complexity index is 768. The first-order valence-corrected chi connectivity index (χ1v) is 8.62. The largest absolute Gasteiger partial charge is 0.379 e. The van der Waals surface area contributed by atoms with Crippen molar-refractivity contribution in [1.82, 2.24) is 10.3 Å². The molecule has 0 radical (unpaired) electrons. The molecule has 1 saturated heterocycles. The van der Waals surface area contributed by atoms with Gasteiger partial charge < -0.3 is 14.8 Å². The summed E-state index contributed by atoms with van der Waals surface area (Å²) >= 11 is 0. The summed E-state index contributed by atoms with van der Waals surface area (Å²) in [5.41, 5.74) is 2.64. The summed E-state index contributed by atoms with van der Waals surface area (Å²) in [4.78, 5) is 17.0. The Balaban J connectivity index is 1.67. The van der Waals surface area contributed by atoms with E-state index in [1.54, 1.807) is 6.20 Å². The van der Waals surface area contributed by atoms with Crippen molar-refractivity contribution < 1.29 is 14.3 Å². The first kappa shape index (κ1) is 17.6. The standard InChI is InChI=1S/C20H24N2O3/c1-14(2)7-10-25-19-8-9-24-13-18(19)22-20(23)16-11-15-5-3-4-6-17(15)21-12-16/h3-7,11-12,18-19H,8-10,13H2,1-2H3,(H,22,23)/t18-,19+/m0/s1. The van der Waals surface area contributed by atoms with Crippen LogP contribution in [0.2, 0.25) is 0 Å². The summed E-state index contributed by atoms with van der Waals surface area (Å²) in [7, 11) is 0. The monoisotopic (exact) mass is 340 g/mol. The molecule has 1 N–H and O–H groups in total. The number of para-hydroxylation sites is 1. The van der Waals surface area contributed by atoms with Crippen LogP contribution in [0.25, 0.3) is 10.9 Å². The fraction of sp³-hybridized carbons (Fsp3) is 0.400. The summed E-state index contributed by atoms with van der Waals surface area (Å²) in [5.74, 6) is -0.149. The van der Waals surface area contributed by atoms with Crippen molar-refractivity contribution in [1.29, 1.82) is 0 Å². The van der Waals surface area contributed by atoms with Gasteiger partial charge >= 0.3 is 0 Å². The molecule has 1 aliphatic rings. The lowest BCUT2D eigenvalue weighted by Crippen LogP contribution is -2.50. The molecule has 0 unspecified atom stereocenters. The number of amides is 1. The summed E-state index contributed by atoms with van der Waals surface area (Å²) in [6.07, 6.45) is 4.39. The van der Waals surface area contributed by atoms with Crippen LogP contribution in [-0.4, -0.2) is 42.9 Å². The van der Waals surface area contributed by atoms with Gasteiger partial charge in [-0.25, -0.2) is 0 Å². The predicted molar refractivity (Wildman–Crippen MR) is 97.6 cm³/mol. The Kier molecular flexibility index (Phi) is 5.79. The Labute approximate surface area is 148 Å². The molecule has 1 amide bonds. The maximum atomic E-state index is 12.6. The number of pyridine rings is 1. The number of nitrogens with one attached hydrogen (secondary N) is 1. The second-order valence-corrected chi connectivity index (χ2v) is 6.51. The average Bonchev–Trinajstić information content (AvgIpc) is 2.62. The third kappa shape index (κ3) is 4.65. The third-order valence-corrected chi connectivity index (χ3v) is 4.26. The zero-order chi connectivity index (χ0) is 17.6. The van der Waals surface area contributed by atoms with Crippen LogP contribution in [0.15, 0.2) is 48.2 Å². The number of carbonyl (C=O) groups excluding carboxylic acids is 1. The normalized spacial score (nSPS) is 20.2. The van der Waals surface area contributed by atoms with Gasteiger partial charge in [0.25, 0.3) is 5.91 Å². The zero-order valence-electron chi connectivity index (χ0n) is 14.7. The lowest BCUT2D eigenvalue weighted by atomic mass is 10.1. The lowest BCUT2D eigenvalue weighted by molar-refractivity contribution is -0.0457. The van der Waals surface area contributed by atoms with Gasteiger partial charge in [-0.3, -0.25) is 9.78 Å². The van der Waals surface area contributed by atoms with Gasteiger partial charge in [0.15, 0.2) is 0 Å². The number of benzene rings is 1. The van der Waals surface area contributed by atoms with Crippen LogP contribution >= 0.6 is 0 Å². The molecule has 0 saturated carbocycles. The zero-order valence-corrected chi connectivity index (χ0v) is 14.7. The van der Waals surface area contributed by atoms with Crippen molar-refractivity contribution in [2.75, 3.05) is 19.8 Å². The van der Waals surface area contributed by atoms with Gasteiger partial charge in [-0.1, -0.05) is 29.8 Å². The summed E-state index contributed by atoms with van der Waals surface area (Å²) in [6.45, 7) is 5.76. The van der Waals surface area contributed by atoms with E-state index < -0.39 is 0 Å². The van der Waals surface area contributed by atoms with Crippen LogP contribution in [0.4, 0.5) is 0 Å². The predicted octanol–water partition coefficient (Wildman–Crippen LogP) is 3.10. The van der Waals surface area contributed by atoms with Crippen LogP contribution in [0.3, 0.4) is 0 Å². The molecule has 0 bridgehead atoms. The number of allylic oxidation sites excluding steroid dienone is 1. The molecule has 5 heteroatoms. The van der Waals surface area contributed by atoms with Crippen molar-refractivity contribution >= 4 is 16.8 Å². The summed E-state index contributed by atoms with van der Waals surface area (Å²) in [6, 6.07) is 9.46. The number of hydrogen-bond donors (Lipinski definition) is 1. The Morgan fingerprint density at radius 1 is 1.40 bits per heavy atom. The first-order chi connectivity index (χ1) is 12.1. The van der Waals surface area contributed by atoms with Crippen LogP contribution in [0.5, 0.6) is 0 Å². The highest BCUT2D eigenvalue weighted by molar-refractivity contribution is 5.97. The summed E-state index contributed by atoms with van der Waals surface area (Å²) in [5, 5.41) is 3.99. The fourth-order valence-corrected chi connectivity index (χ4v) is 2.84. The first-order valence-electron chi connectivity index (χ1n) is 8.62. The molecule has 2 aromatic rings. The van der Waals surface area contributed by atoms with Gasteiger partial charge in [-0.2, -0.15) is 0 Å². The number of fused-ring (bicyclic) bond motifs is 1. The topological polar surface area (TPSA) is 60.5 Å². The molecule has 132 valence electrons. The quantitative estimate of drug-likeness (QED) is 0.850. The van der Waals surface area contributed by atoms with E-state index in [1.807, 2.05) is 50.3 Å². The number of ether oxygens (including phenoxy) is 2. The SMILES string of the molecule is CC(C)=CCO[C@@H]1CCOC[C@@H]1NC(=O)c1cnc2ccccc2c1. The Morgan fingerprint density at radius 2 is 2.24 bits per heavy atom. The smallest absolute Gasteiger partial charge is 0.253 e. The number of rotatable bonds is 5. The number of hydrogen-bond acceptors (Lipinski definition) is 4. The maximum Gasteiger partial charge on any atom is 0.253 e. The highest BCUT2D eigenvalue weighted by Gasteiger charge is 2.28. The minimum Gasteiger partial charge on any atom is -0.379 e. The second-order valence-electron chi connectivity index (χ2n) is 6.51. The van der Waals surface area contributed by atoms with E-state index in [0.29, 0.717) is 25.4 Å². The molecule has 1 aromatic carbocycles. The third-order valence-electron chi connectivity index (χ3n) is 4.26. The van der Waals surface area contributed by atoms with Gasteiger partial charge in [-0.05, 0) is 32.4 Å². The van der Waals surface area contributed by atoms with Crippen LogP contribution in [0.1, 0.15) is 30.6 Å². The molecule has 0 aliphatic carbocycles. The highest BCUT2D eigenvalue weighted by Crippen LogP contribution is 2.15. The molecular weight excluding hydrogens is 316 g/mol. The molecule has 5 nitrogen and oxygen atoms in total. The van der Waals surface area contributed by atoms with E-state index in [2.05, 4.69) is 10.3 Å². The van der Waals surface area contributed by atoms with Gasteiger partial charge in [0.05, 0.1) is 36.4 Å². The molecule has 2 atom stereocenters. The molecule has 1 fully saturated rings. The Morgan fingerprint density at radius 3 is 3.08 bits per heavy atom. The second kappa shape index (κ2) is 8.23. The molecule has 1 aliphatic heterocycles. The van der Waals surface area contributed by atoms with E-state index >= 15 is 0 Å². The van der Waals surface area contributed by atoms with Gasteiger partial charge in [0, 0.05) is 18.2 Å². The van der Waals surface area contributed by atoms with Crippen LogP contribution in [-0.2, 0) is 9.47 Å². The highest BCUT2D eigenvalue weighted by atomic mass is 16.5. The Hall–Kier alpha value is -2.24. The van der Waals surface area contributed by atoms with E-state index in [1.165, 1.54) is 5.57 Å². The van der Waals surface area contributed by atoms with E-state index in [0.717, 1.165) is 17.3 Å². The molecule has 1 aromatic heterocycles. The van der Waals surface area contributed by atoms with Crippen molar-refractivity contribution in [3.05, 3.63) is 53.7 Å². The van der Waals surface area contributed by atoms with Gasteiger partial charge in [-0.15, -0.1) is 0 Å². The average molecular weight is 340 g/mol. The van der Waals surface area contributed by atoms with E-state index in [4.69, 9.17) is 9.47 Å². The van der Waals surface area contributed by atoms with Crippen LogP contribution < -0.4 is 5.32 Å². The number of carbonyl (C=O) groups is 1. The van der Waals surface area contributed by atoms with Crippen molar-refractivity contribution in [3.63, 3.8) is 0 Å². The molecule has 3 rings (SSSR count). The minimum absolute atomic E-state index is 0.0401.